The van der Waals surface area contributed by atoms with Gasteiger partial charge in [0.25, 0.3) is 0 Å². The average molecular weight is 1240 g/mol. The van der Waals surface area contributed by atoms with E-state index in [0.29, 0.717) is 145 Å². The topological polar surface area (TPSA) is 177 Å². The molecule has 0 radical (unpaired) electrons. The zero-order valence-corrected chi connectivity index (χ0v) is 50.7. The summed E-state index contributed by atoms with van der Waals surface area (Å²) in [6, 6.07) is 8.84. The quantitative estimate of drug-likeness (QED) is 0.0804. The summed E-state index contributed by atoms with van der Waals surface area (Å²) >= 11 is 9.43. The molecule has 15 rings (SSSR count). The largest absolute Gasteiger partial charge is 0.492 e. The Morgan fingerprint density at radius 3 is 1.70 bits per heavy atom. The van der Waals surface area contributed by atoms with Crippen LogP contribution in [-0.2, 0) is 30.3 Å². The molecule has 16 nitrogen and oxygen atoms in total. The van der Waals surface area contributed by atoms with Gasteiger partial charge in [-0.2, -0.15) is 5.26 Å². The summed E-state index contributed by atoms with van der Waals surface area (Å²) < 4.78 is 81.2. The first-order chi connectivity index (χ1) is 40.8. The third-order valence-electron chi connectivity index (χ3n) is 16.4. The van der Waals surface area contributed by atoms with Gasteiger partial charge in [-0.25, -0.2) is 4.79 Å². The van der Waals surface area contributed by atoms with Crippen molar-refractivity contribution in [2.75, 3.05) is 79.3 Å². The summed E-state index contributed by atoms with van der Waals surface area (Å²) in [5.74, 6) is 5.82. The monoisotopic (exact) mass is 1230 g/mol. The van der Waals surface area contributed by atoms with Crippen LogP contribution in [0.15, 0.2) is 41.4 Å². The summed E-state index contributed by atoms with van der Waals surface area (Å²) in [5.41, 5.74) is 4.83. The normalized spacial score (nSPS) is 23.3. The number of unbranched alkanes of at least 4 members (excludes halogenated alkanes) is 1. The first-order valence-electron chi connectivity index (χ1n) is 28.5. The van der Waals surface area contributed by atoms with Crippen LogP contribution in [0.4, 0.5) is 0 Å². The first-order valence-corrected chi connectivity index (χ1v) is 33.5. The molecule has 6 unspecified atom stereocenters. The van der Waals surface area contributed by atoms with Crippen LogP contribution < -0.4 is 37.9 Å². The van der Waals surface area contributed by atoms with Gasteiger partial charge in [-0.15, -0.1) is 68.9 Å². The molecule has 1 N–H and O–H groups in total. The Labute approximate surface area is 503 Å². The zero-order valence-electron chi connectivity index (χ0n) is 45.8. The molecule has 2 saturated heterocycles. The number of benzene rings is 1. The van der Waals surface area contributed by atoms with Crippen LogP contribution in [0.25, 0.3) is 62.1 Å². The fraction of sp³-hybridized carbons (Fsp3) is 0.443. The number of hydrogen-bond acceptors (Lipinski definition) is 20. The van der Waals surface area contributed by atoms with Crippen molar-refractivity contribution in [2.45, 2.75) is 88.0 Å². The zero-order chi connectivity index (χ0) is 56.0. The van der Waals surface area contributed by atoms with Gasteiger partial charge in [0, 0.05) is 34.6 Å². The minimum absolute atomic E-state index is 0.0678. The van der Waals surface area contributed by atoms with Gasteiger partial charge in [0.1, 0.15) is 101 Å². The Morgan fingerprint density at radius 1 is 0.663 bits per heavy atom. The number of fused-ring (bicyclic) bond motifs is 9. The number of ether oxygens (including phenoxy) is 12. The standard InChI is InChI=1S/C61H58N2O14S6/c1-4-6-9-30(5-2)28-63-35-12-11-31(25-34(35)33-10-7-8-29(3)37(33)63)50-40-41(69-16-15-68-40)53(79-50)54-44-45(73-20-19-72-44)57(81-54)58-48-49(77-24-23-76-48)60(83-58)59-47-46(74-21-22-75-47)56(82-59)55-43-42(70-17-18-71-43)52(80-55)51-39-38(66-13-14-67-39)36(78-51)26-32(27-62)61(64)65/h7,10-12,25-26,29-30,41,44,53-54H,4-6,8-9,13-24,28H2,1-3H3,(H,64,65)/b32-26+. The molecule has 0 spiro atoms. The summed E-state index contributed by atoms with van der Waals surface area (Å²) in [5, 5.41) is 20.6. The fourth-order valence-electron chi connectivity index (χ4n) is 12.6. The number of rotatable bonds is 14. The minimum Gasteiger partial charge on any atom is -0.492 e. The lowest BCUT2D eigenvalue weighted by Gasteiger charge is -2.33. The van der Waals surface area contributed by atoms with E-state index in [-0.39, 0.29) is 29.3 Å². The molecule has 432 valence electrons. The van der Waals surface area contributed by atoms with Gasteiger partial charge in [-0.1, -0.05) is 58.3 Å². The summed E-state index contributed by atoms with van der Waals surface area (Å²) in [6.45, 7) is 12.5. The van der Waals surface area contributed by atoms with E-state index in [1.165, 1.54) is 87.9 Å². The number of nitriles is 1. The Morgan fingerprint density at radius 2 is 1.16 bits per heavy atom. The molecule has 5 aromatic heterocycles. The van der Waals surface area contributed by atoms with E-state index in [4.69, 9.17) is 56.8 Å². The lowest BCUT2D eigenvalue weighted by Crippen LogP contribution is -2.44. The number of aliphatic carboxylic acids is 1. The van der Waals surface area contributed by atoms with E-state index in [1.54, 1.807) is 29.2 Å². The van der Waals surface area contributed by atoms with Gasteiger partial charge in [0.2, 0.25) is 0 Å². The van der Waals surface area contributed by atoms with E-state index < -0.39 is 11.5 Å². The summed E-state index contributed by atoms with van der Waals surface area (Å²) in [7, 11) is 0. The molecular formula is C61H58N2O14S6. The lowest BCUT2D eigenvalue weighted by molar-refractivity contribution is -0.132. The predicted molar refractivity (Wildman–Crippen MR) is 325 cm³/mol. The van der Waals surface area contributed by atoms with E-state index >= 15 is 0 Å². The minimum atomic E-state index is -1.33. The summed E-state index contributed by atoms with van der Waals surface area (Å²) in [4.78, 5) is 20.0. The van der Waals surface area contributed by atoms with Gasteiger partial charge < -0.3 is 66.5 Å². The van der Waals surface area contributed by atoms with Crippen molar-refractivity contribution in [1.29, 1.82) is 5.26 Å². The van der Waals surface area contributed by atoms with E-state index in [1.807, 2.05) is 11.8 Å². The molecule has 8 aliphatic heterocycles. The number of carbonyl (C=O) groups is 1. The van der Waals surface area contributed by atoms with Gasteiger partial charge >= 0.3 is 5.97 Å². The Balaban J connectivity index is 0.782. The van der Waals surface area contributed by atoms with Crippen LogP contribution in [0, 0.1) is 17.2 Å². The maximum Gasteiger partial charge on any atom is 0.346 e. The van der Waals surface area contributed by atoms with Crippen molar-refractivity contribution in [3.63, 3.8) is 0 Å². The van der Waals surface area contributed by atoms with Crippen molar-refractivity contribution < 1.29 is 66.7 Å². The second-order valence-electron chi connectivity index (χ2n) is 21.4. The molecule has 6 atom stereocenters. The number of carboxylic acid groups (broad SMARTS) is 1. The second-order valence-corrected chi connectivity index (χ2v) is 27.9. The number of thiophene rings is 4. The number of nitrogens with zero attached hydrogens (tertiary/aromatic N) is 2. The average Bonchev–Trinajstić information content (AvgIpc) is 3.46. The van der Waals surface area contributed by atoms with Crippen molar-refractivity contribution in [1.82, 2.24) is 4.57 Å². The van der Waals surface area contributed by atoms with Crippen LogP contribution in [0.3, 0.4) is 0 Å². The molecule has 13 heterocycles. The van der Waals surface area contributed by atoms with Crippen molar-refractivity contribution in [2.24, 2.45) is 5.92 Å². The number of allylic oxidation sites excluding steroid dienone is 1. The Kier molecular flexibility index (Phi) is 14.4. The molecule has 83 heavy (non-hydrogen) atoms. The molecular weight excluding hydrogens is 1180 g/mol. The molecule has 0 bridgehead atoms. The highest BCUT2D eigenvalue weighted by Crippen LogP contribution is 2.68. The van der Waals surface area contributed by atoms with Gasteiger partial charge in [0.15, 0.2) is 46.0 Å². The number of carboxylic acids is 1. The highest BCUT2D eigenvalue weighted by atomic mass is 32.2. The molecule has 6 aromatic rings. The maximum absolute atomic E-state index is 12.0. The molecule has 2 fully saturated rings. The number of thioether (sulfide) groups is 2. The number of hydrogen-bond donors (Lipinski definition) is 1. The fourth-order valence-corrected chi connectivity index (χ4v) is 21.0. The van der Waals surface area contributed by atoms with E-state index in [9.17, 15) is 15.2 Å². The van der Waals surface area contributed by atoms with Crippen LogP contribution in [0.5, 0.6) is 46.0 Å². The maximum atomic E-state index is 12.0. The number of aromatic nitrogens is 1. The SMILES string of the molecule is CCCCC(CC)Cn1c2c(c3cc(C4=C5OCCOC5C(C5SC(c6sc(-c7sc(-c8sc(-c9sc(/C=C(\C#N)C(=O)O)c%10c9OCCO%10)c9c8OCCO9)c8c7OCCO8)c7c6OCCO7)=C6OCCOC65)S4)ccc31)C=CCC2C. The van der Waals surface area contributed by atoms with E-state index in [0.717, 1.165) is 64.2 Å². The molecule has 0 saturated carbocycles. The van der Waals surface area contributed by atoms with Crippen LogP contribution >= 0.6 is 68.9 Å². The smallest absolute Gasteiger partial charge is 0.346 e. The van der Waals surface area contributed by atoms with Gasteiger partial charge in [-0.05, 0) is 42.5 Å². The summed E-state index contributed by atoms with van der Waals surface area (Å²) in [6.07, 6.45) is 11.3. The molecule has 0 amide bonds. The van der Waals surface area contributed by atoms with Crippen LogP contribution in [0.1, 0.15) is 85.4 Å². The van der Waals surface area contributed by atoms with Crippen molar-refractivity contribution >= 4 is 108 Å². The van der Waals surface area contributed by atoms with Gasteiger partial charge in [-0.3, -0.25) is 0 Å². The molecule has 1 aliphatic carbocycles. The van der Waals surface area contributed by atoms with Crippen LogP contribution in [-0.4, -0.2) is 118 Å². The third-order valence-corrected chi connectivity index (χ3v) is 24.7. The van der Waals surface area contributed by atoms with Crippen molar-refractivity contribution in [3.8, 4) is 81.3 Å². The van der Waals surface area contributed by atoms with E-state index in [2.05, 4.69) is 55.7 Å². The predicted octanol–water partition coefficient (Wildman–Crippen LogP) is 13.8. The molecule has 22 heteroatoms. The Bertz CT molecular complexity index is 3790. The lowest BCUT2D eigenvalue weighted by atomic mass is 9.92. The van der Waals surface area contributed by atoms with Crippen molar-refractivity contribution in [3.05, 3.63) is 67.9 Å². The molecule has 1 aromatic carbocycles. The van der Waals surface area contributed by atoms with Crippen LogP contribution in [0.2, 0.25) is 0 Å². The second kappa shape index (κ2) is 22.2. The Hall–Kier alpha value is -5.90. The first kappa shape index (κ1) is 53.8. The molecule has 9 aliphatic rings. The highest BCUT2D eigenvalue weighted by Gasteiger charge is 2.54. The third kappa shape index (κ3) is 9.03. The van der Waals surface area contributed by atoms with Gasteiger partial charge in [0.05, 0.1) is 72.5 Å². The highest BCUT2D eigenvalue weighted by molar-refractivity contribution is 8.13.